The summed E-state index contributed by atoms with van der Waals surface area (Å²) in [6.07, 6.45) is 1.63. The number of nitrogens with one attached hydrogen (secondary N) is 1. The summed E-state index contributed by atoms with van der Waals surface area (Å²) >= 11 is 0. The van der Waals surface area contributed by atoms with Crippen molar-refractivity contribution in [2.45, 2.75) is 37.5 Å². The van der Waals surface area contributed by atoms with E-state index in [1.54, 1.807) is 0 Å². The predicted octanol–water partition coefficient (Wildman–Crippen LogP) is -0.321. The lowest BCUT2D eigenvalue weighted by Gasteiger charge is -2.31. The lowest BCUT2D eigenvalue weighted by atomic mass is 9.90. The molecule has 0 spiro atoms. The fraction of sp³-hybridized carbons (Fsp3) is 0.600. The van der Waals surface area contributed by atoms with Gasteiger partial charge in [-0.2, -0.15) is 0 Å². The van der Waals surface area contributed by atoms with Gasteiger partial charge in [0, 0.05) is 6.07 Å². The number of aliphatic hydroxyl groups is 2. The van der Waals surface area contributed by atoms with Gasteiger partial charge in [0.1, 0.15) is 6.26 Å². The summed E-state index contributed by atoms with van der Waals surface area (Å²) in [5.41, 5.74) is 0.173. The summed E-state index contributed by atoms with van der Waals surface area (Å²) in [7, 11) is 0. The summed E-state index contributed by atoms with van der Waals surface area (Å²) in [6, 6.07) is 1.02. The Balaban J connectivity index is 1.96. The topological polar surface area (TPSA) is 95.6 Å². The van der Waals surface area contributed by atoms with Crippen LogP contribution < -0.4 is 5.32 Å². The molecule has 1 aromatic heterocycles. The fourth-order valence-electron chi connectivity index (χ4n) is 1.89. The van der Waals surface area contributed by atoms with Crippen LogP contribution in [0.2, 0.25) is 0 Å². The molecule has 1 fully saturated rings. The highest BCUT2D eigenvalue weighted by Gasteiger charge is 2.31. The van der Waals surface area contributed by atoms with Crippen molar-refractivity contribution in [2.24, 2.45) is 0 Å². The number of carbonyl (C=O) groups is 1. The predicted molar refractivity (Wildman–Crippen MR) is 53.6 cm³/mol. The molecule has 6 nitrogen and oxygen atoms in total. The summed E-state index contributed by atoms with van der Waals surface area (Å²) < 4.78 is 4.55. The average Bonchev–Trinajstić information content (AvgIpc) is 2.78. The lowest BCUT2D eigenvalue weighted by molar-refractivity contribution is -0.0278. The largest absolute Gasteiger partial charge is 0.390 e. The van der Waals surface area contributed by atoms with E-state index in [0.717, 1.165) is 6.42 Å². The Morgan fingerprint density at radius 3 is 3.00 bits per heavy atom. The Labute approximate surface area is 92.2 Å². The van der Waals surface area contributed by atoms with Gasteiger partial charge >= 0.3 is 0 Å². The number of amides is 1. The number of hydrogen-bond donors (Lipinski definition) is 3. The van der Waals surface area contributed by atoms with Crippen molar-refractivity contribution < 1.29 is 19.5 Å². The monoisotopic (exact) mass is 226 g/mol. The third-order valence-electron chi connectivity index (χ3n) is 2.81. The molecule has 1 aliphatic carbocycles. The minimum absolute atomic E-state index is 0.173. The number of aliphatic hydroxyl groups excluding tert-OH is 2. The summed E-state index contributed by atoms with van der Waals surface area (Å²) in [5.74, 6) is -0.396. The zero-order chi connectivity index (χ0) is 11.5. The molecule has 0 aromatic carbocycles. The Morgan fingerprint density at radius 1 is 1.50 bits per heavy atom. The standard InChI is InChI=1S/C10H14N2O4/c13-8-3-1-2-6(9(8)14)11-10(15)7-4-5-16-12-7/h4-6,8-9,13-14H,1-3H2,(H,11,15)/t6-,8-,9-/m1/s1. The first-order valence-electron chi connectivity index (χ1n) is 5.26. The molecule has 1 amide bonds. The van der Waals surface area contributed by atoms with Gasteiger partial charge in [0.25, 0.3) is 5.91 Å². The lowest BCUT2D eigenvalue weighted by Crippen LogP contribution is -2.51. The number of aromatic nitrogens is 1. The Hall–Kier alpha value is -1.40. The molecular formula is C10H14N2O4. The average molecular weight is 226 g/mol. The minimum Gasteiger partial charge on any atom is -0.390 e. The molecule has 0 bridgehead atoms. The summed E-state index contributed by atoms with van der Waals surface area (Å²) in [5, 5.41) is 25.3. The number of rotatable bonds is 2. The number of carbonyl (C=O) groups excluding carboxylic acids is 1. The van der Waals surface area contributed by atoms with Crippen molar-refractivity contribution in [3.63, 3.8) is 0 Å². The van der Waals surface area contributed by atoms with E-state index < -0.39 is 24.2 Å². The zero-order valence-corrected chi connectivity index (χ0v) is 8.67. The maximum Gasteiger partial charge on any atom is 0.273 e. The van der Waals surface area contributed by atoms with Crippen LogP contribution in [0.5, 0.6) is 0 Å². The van der Waals surface area contributed by atoms with E-state index in [2.05, 4.69) is 15.0 Å². The van der Waals surface area contributed by atoms with Gasteiger partial charge in [-0.15, -0.1) is 0 Å². The van der Waals surface area contributed by atoms with Gasteiger partial charge in [-0.25, -0.2) is 0 Å². The zero-order valence-electron chi connectivity index (χ0n) is 8.67. The van der Waals surface area contributed by atoms with Crippen LogP contribution in [0, 0.1) is 0 Å². The first-order chi connectivity index (χ1) is 7.68. The van der Waals surface area contributed by atoms with Crippen LogP contribution in [0.1, 0.15) is 29.8 Å². The van der Waals surface area contributed by atoms with Gasteiger partial charge in [-0.05, 0) is 19.3 Å². The van der Waals surface area contributed by atoms with Crippen LogP contribution in [0.15, 0.2) is 16.9 Å². The molecule has 88 valence electrons. The summed E-state index contributed by atoms with van der Waals surface area (Å²) in [4.78, 5) is 11.6. The van der Waals surface area contributed by atoms with Gasteiger partial charge in [0.2, 0.25) is 0 Å². The van der Waals surface area contributed by atoms with Crippen LogP contribution in [0.25, 0.3) is 0 Å². The third-order valence-corrected chi connectivity index (χ3v) is 2.81. The first kappa shape index (κ1) is 11.1. The molecule has 0 aliphatic heterocycles. The third kappa shape index (κ3) is 2.23. The summed E-state index contributed by atoms with van der Waals surface area (Å²) in [6.45, 7) is 0. The second-order valence-corrected chi connectivity index (χ2v) is 3.95. The van der Waals surface area contributed by atoms with Gasteiger partial charge in [-0.1, -0.05) is 5.16 Å². The Kier molecular flexibility index (Phi) is 3.21. The molecule has 2 rings (SSSR count). The maximum atomic E-state index is 11.6. The van der Waals surface area contributed by atoms with Crippen molar-refractivity contribution in [1.29, 1.82) is 0 Å². The van der Waals surface area contributed by atoms with Crippen molar-refractivity contribution in [2.75, 3.05) is 0 Å². The van der Waals surface area contributed by atoms with E-state index in [0.29, 0.717) is 12.8 Å². The molecule has 0 saturated heterocycles. The van der Waals surface area contributed by atoms with E-state index in [1.807, 2.05) is 0 Å². The molecule has 1 aliphatic rings. The maximum absolute atomic E-state index is 11.6. The molecule has 3 atom stereocenters. The van der Waals surface area contributed by atoms with Crippen molar-refractivity contribution in [1.82, 2.24) is 10.5 Å². The smallest absolute Gasteiger partial charge is 0.273 e. The van der Waals surface area contributed by atoms with E-state index >= 15 is 0 Å². The highest BCUT2D eigenvalue weighted by molar-refractivity contribution is 5.92. The minimum atomic E-state index is -0.912. The molecule has 0 unspecified atom stereocenters. The molecule has 1 saturated carbocycles. The first-order valence-corrected chi connectivity index (χ1v) is 5.26. The normalized spacial score (nSPS) is 30.0. The highest BCUT2D eigenvalue weighted by atomic mass is 16.5. The molecule has 0 radical (unpaired) electrons. The second-order valence-electron chi connectivity index (χ2n) is 3.95. The van der Waals surface area contributed by atoms with Gasteiger partial charge < -0.3 is 20.1 Å². The van der Waals surface area contributed by atoms with E-state index in [4.69, 9.17) is 0 Å². The quantitative estimate of drug-likeness (QED) is 0.642. The molecule has 6 heteroatoms. The Morgan fingerprint density at radius 2 is 2.31 bits per heavy atom. The van der Waals surface area contributed by atoms with Crippen LogP contribution in [0.4, 0.5) is 0 Å². The van der Waals surface area contributed by atoms with Crippen molar-refractivity contribution in [3.05, 3.63) is 18.0 Å². The SMILES string of the molecule is O=C(N[C@@H]1CCC[C@@H](O)[C@@H]1O)c1ccon1. The molecule has 1 heterocycles. The fourth-order valence-corrected chi connectivity index (χ4v) is 1.89. The van der Waals surface area contributed by atoms with Crippen LogP contribution in [-0.2, 0) is 0 Å². The number of nitrogens with zero attached hydrogens (tertiary/aromatic N) is 1. The molecule has 1 aromatic rings. The van der Waals surface area contributed by atoms with Gasteiger partial charge in [0.15, 0.2) is 5.69 Å². The van der Waals surface area contributed by atoms with Crippen molar-refractivity contribution in [3.8, 4) is 0 Å². The number of hydrogen-bond acceptors (Lipinski definition) is 5. The van der Waals surface area contributed by atoms with E-state index in [-0.39, 0.29) is 5.69 Å². The highest BCUT2D eigenvalue weighted by Crippen LogP contribution is 2.19. The second kappa shape index (κ2) is 4.63. The van der Waals surface area contributed by atoms with Crippen molar-refractivity contribution >= 4 is 5.91 Å². The van der Waals surface area contributed by atoms with Gasteiger partial charge in [0.05, 0.1) is 18.2 Å². The van der Waals surface area contributed by atoms with Crippen LogP contribution in [-0.4, -0.2) is 39.5 Å². The van der Waals surface area contributed by atoms with E-state index in [1.165, 1.54) is 12.3 Å². The van der Waals surface area contributed by atoms with Crippen LogP contribution >= 0.6 is 0 Å². The molecule has 16 heavy (non-hydrogen) atoms. The Bertz CT molecular complexity index is 352. The molecular weight excluding hydrogens is 212 g/mol. The molecule has 3 N–H and O–H groups in total. The van der Waals surface area contributed by atoms with Gasteiger partial charge in [-0.3, -0.25) is 4.79 Å². The van der Waals surface area contributed by atoms with E-state index in [9.17, 15) is 15.0 Å². The van der Waals surface area contributed by atoms with Crippen LogP contribution in [0.3, 0.4) is 0 Å².